The fraction of sp³-hybridized carbons (Fsp3) is 0.350. The lowest BCUT2D eigenvalue weighted by atomic mass is 9.98. The summed E-state index contributed by atoms with van der Waals surface area (Å²) in [4.78, 5) is 29.7. The quantitative estimate of drug-likeness (QED) is 0.909. The number of amides is 1. The number of aryl methyl sites for hydroxylation is 1. The van der Waals surface area contributed by atoms with E-state index >= 15 is 0 Å². The molecular formula is C20H22N2O3. The molecule has 5 heteroatoms. The highest BCUT2D eigenvalue weighted by atomic mass is 16.4. The van der Waals surface area contributed by atoms with Gasteiger partial charge in [0, 0.05) is 30.5 Å². The molecule has 2 aromatic rings. The molecule has 0 bridgehead atoms. The number of benzene rings is 1. The number of carboxylic acid groups (broad SMARTS) is 1. The SMILES string of the molecule is CCc1cc(C(=O)N2CC[C@@H](Cc3ccc(C(=O)O)cc3)C2)ccn1. The van der Waals surface area contributed by atoms with E-state index < -0.39 is 5.97 Å². The maximum Gasteiger partial charge on any atom is 0.335 e. The summed E-state index contributed by atoms with van der Waals surface area (Å²) in [5, 5.41) is 8.95. The highest BCUT2D eigenvalue weighted by Crippen LogP contribution is 2.23. The van der Waals surface area contributed by atoms with Gasteiger partial charge in [0.2, 0.25) is 0 Å². The average Bonchev–Trinajstić information content (AvgIpc) is 3.10. The molecule has 3 rings (SSSR count). The first-order chi connectivity index (χ1) is 12.1. The van der Waals surface area contributed by atoms with Gasteiger partial charge in [-0.2, -0.15) is 0 Å². The Kier molecular flexibility index (Phi) is 5.12. The standard InChI is InChI=1S/C20H22N2O3/c1-2-18-12-17(7-9-21-18)19(23)22-10-8-15(13-22)11-14-3-5-16(6-4-14)20(24)25/h3-7,9,12,15H,2,8,10-11,13H2,1H3,(H,24,25)/t15-/m0/s1. The van der Waals surface area contributed by atoms with Crippen LogP contribution in [-0.2, 0) is 12.8 Å². The zero-order chi connectivity index (χ0) is 17.8. The Hall–Kier alpha value is -2.69. The van der Waals surface area contributed by atoms with Crippen LogP contribution in [0, 0.1) is 5.92 Å². The molecule has 1 N–H and O–H groups in total. The summed E-state index contributed by atoms with van der Waals surface area (Å²) in [6.07, 6.45) is 4.35. The van der Waals surface area contributed by atoms with E-state index in [9.17, 15) is 9.59 Å². The van der Waals surface area contributed by atoms with Gasteiger partial charge in [0.15, 0.2) is 0 Å². The van der Waals surface area contributed by atoms with Crippen LogP contribution in [-0.4, -0.2) is 40.0 Å². The van der Waals surface area contributed by atoms with Crippen molar-refractivity contribution in [2.45, 2.75) is 26.2 Å². The monoisotopic (exact) mass is 338 g/mol. The second kappa shape index (κ2) is 7.47. The van der Waals surface area contributed by atoms with E-state index in [-0.39, 0.29) is 5.91 Å². The van der Waals surface area contributed by atoms with Gasteiger partial charge in [0.25, 0.3) is 5.91 Å². The van der Waals surface area contributed by atoms with E-state index in [0.717, 1.165) is 43.6 Å². The van der Waals surface area contributed by atoms with E-state index in [1.54, 1.807) is 24.4 Å². The van der Waals surface area contributed by atoms with Gasteiger partial charge >= 0.3 is 5.97 Å². The average molecular weight is 338 g/mol. The highest BCUT2D eigenvalue weighted by molar-refractivity contribution is 5.94. The van der Waals surface area contributed by atoms with E-state index in [1.165, 1.54) is 0 Å². The molecule has 1 fully saturated rings. The number of likely N-dealkylation sites (tertiary alicyclic amines) is 1. The molecule has 0 radical (unpaired) electrons. The molecule has 1 aromatic heterocycles. The smallest absolute Gasteiger partial charge is 0.335 e. The van der Waals surface area contributed by atoms with Crippen molar-refractivity contribution in [1.29, 1.82) is 0 Å². The summed E-state index contributed by atoms with van der Waals surface area (Å²) >= 11 is 0. The maximum absolute atomic E-state index is 12.7. The van der Waals surface area contributed by atoms with Crippen LogP contribution < -0.4 is 0 Å². The third kappa shape index (κ3) is 4.05. The number of nitrogens with zero attached hydrogens (tertiary/aromatic N) is 2. The van der Waals surface area contributed by atoms with E-state index in [1.807, 2.05) is 30.0 Å². The number of hydrogen-bond acceptors (Lipinski definition) is 3. The number of aromatic carboxylic acids is 1. The Labute approximate surface area is 147 Å². The number of carbonyl (C=O) groups excluding carboxylic acids is 1. The van der Waals surface area contributed by atoms with Crippen molar-refractivity contribution < 1.29 is 14.7 Å². The largest absolute Gasteiger partial charge is 0.478 e. The molecule has 1 aromatic carbocycles. The van der Waals surface area contributed by atoms with Gasteiger partial charge in [-0.15, -0.1) is 0 Å². The molecule has 0 saturated carbocycles. The van der Waals surface area contributed by atoms with Crippen molar-refractivity contribution in [1.82, 2.24) is 9.88 Å². The lowest BCUT2D eigenvalue weighted by Crippen LogP contribution is -2.29. The summed E-state index contributed by atoms with van der Waals surface area (Å²) in [6.45, 7) is 3.53. The third-order valence-electron chi connectivity index (χ3n) is 4.72. The van der Waals surface area contributed by atoms with Gasteiger partial charge in [-0.05, 0) is 55.0 Å². The molecular weight excluding hydrogens is 316 g/mol. The minimum atomic E-state index is -0.909. The van der Waals surface area contributed by atoms with Crippen LogP contribution in [0.4, 0.5) is 0 Å². The van der Waals surface area contributed by atoms with Crippen LogP contribution in [0.15, 0.2) is 42.6 Å². The predicted molar refractivity (Wildman–Crippen MR) is 94.7 cm³/mol. The van der Waals surface area contributed by atoms with Crippen LogP contribution in [0.2, 0.25) is 0 Å². The van der Waals surface area contributed by atoms with Gasteiger partial charge in [0.05, 0.1) is 5.56 Å². The van der Waals surface area contributed by atoms with E-state index in [4.69, 9.17) is 5.11 Å². The van der Waals surface area contributed by atoms with Crippen molar-refractivity contribution in [3.8, 4) is 0 Å². The first kappa shape index (κ1) is 17.1. The molecule has 2 heterocycles. The zero-order valence-electron chi connectivity index (χ0n) is 14.3. The second-order valence-corrected chi connectivity index (χ2v) is 6.50. The number of carbonyl (C=O) groups is 2. The third-order valence-corrected chi connectivity index (χ3v) is 4.72. The molecule has 1 aliphatic heterocycles. The minimum Gasteiger partial charge on any atom is -0.478 e. The maximum atomic E-state index is 12.7. The van der Waals surface area contributed by atoms with Crippen molar-refractivity contribution in [3.63, 3.8) is 0 Å². The molecule has 0 unspecified atom stereocenters. The van der Waals surface area contributed by atoms with Gasteiger partial charge in [-0.25, -0.2) is 4.79 Å². The van der Waals surface area contributed by atoms with Gasteiger partial charge in [0.1, 0.15) is 0 Å². The molecule has 1 atom stereocenters. The summed E-state index contributed by atoms with van der Waals surface area (Å²) in [5.41, 5.74) is 3.05. The predicted octanol–water partition coefficient (Wildman–Crippen LogP) is 3.05. The molecule has 25 heavy (non-hydrogen) atoms. The second-order valence-electron chi connectivity index (χ2n) is 6.50. The van der Waals surface area contributed by atoms with Crippen LogP contribution in [0.25, 0.3) is 0 Å². The molecule has 130 valence electrons. The number of pyridine rings is 1. The normalized spacial score (nSPS) is 16.8. The van der Waals surface area contributed by atoms with E-state index in [0.29, 0.717) is 17.0 Å². The Morgan fingerprint density at radius 1 is 1.20 bits per heavy atom. The lowest BCUT2D eigenvalue weighted by molar-refractivity contribution is 0.0696. The summed E-state index contributed by atoms with van der Waals surface area (Å²) in [6, 6.07) is 10.7. The Morgan fingerprint density at radius 2 is 1.96 bits per heavy atom. The lowest BCUT2D eigenvalue weighted by Gasteiger charge is -2.17. The molecule has 1 amide bonds. The van der Waals surface area contributed by atoms with Gasteiger partial charge in [-0.3, -0.25) is 9.78 Å². The van der Waals surface area contributed by atoms with Crippen molar-refractivity contribution in [2.75, 3.05) is 13.1 Å². The molecule has 1 saturated heterocycles. The summed E-state index contributed by atoms with van der Waals surface area (Å²) < 4.78 is 0. The topological polar surface area (TPSA) is 70.5 Å². The van der Waals surface area contributed by atoms with Crippen molar-refractivity contribution in [3.05, 3.63) is 65.0 Å². The Morgan fingerprint density at radius 3 is 2.64 bits per heavy atom. The Bertz CT molecular complexity index is 771. The fourth-order valence-electron chi connectivity index (χ4n) is 3.29. The molecule has 1 aliphatic rings. The fourth-order valence-corrected chi connectivity index (χ4v) is 3.29. The summed E-state index contributed by atoms with van der Waals surface area (Å²) in [5.74, 6) is -0.430. The van der Waals surface area contributed by atoms with Crippen LogP contribution >= 0.6 is 0 Å². The van der Waals surface area contributed by atoms with Crippen LogP contribution in [0.1, 0.15) is 45.3 Å². The first-order valence-corrected chi connectivity index (χ1v) is 8.63. The molecule has 0 spiro atoms. The Balaban J connectivity index is 1.61. The molecule has 0 aliphatic carbocycles. The minimum absolute atomic E-state index is 0.0702. The zero-order valence-corrected chi connectivity index (χ0v) is 14.3. The van der Waals surface area contributed by atoms with Crippen LogP contribution in [0.5, 0.6) is 0 Å². The number of aromatic nitrogens is 1. The number of rotatable bonds is 5. The van der Waals surface area contributed by atoms with E-state index in [2.05, 4.69) is 4.98 Å². The number of carboxylic acids is 1. The van der Waals surface area contributed by atoms with Gasteiger partial charge < -0.3 is 10.0 Å². The summed E-state index contributed by atoms with van der Waals surface area (Å²) in [7, 11) is 0. The van der Waals surface area contributed by atoms with Crippen LogP contribution in [0.3, 0.4) is 0 Å². The number of hydrogen-bond donors (Lipinski definition) is 1. The van der Waals surface area contributed by atoms with Crippen molar-refractivity contribution in [2.24, 2.45) is 5.92 Å². The highest BCUT2D eigenvalue weighted by Gasteiger charge is 2.27. The first-order valence-electron chi connectivity index (χ1n) is 8.63. The molecule has 5 nitrogen and oxygen atoms in total. The van der Waals surface area contributed by atoms with Gasteiger partial charge in [-0.1, -0.05) is 19.1 Å². The van der Waals surface area contributed by atoms with Crippen molar-refractivity contribution >= 4 is 11.9 Å².